The molecule has 92 valence electrons. The molecule has 18 heavy (non-hydrogen) atoms. The van der Waals surface area contributed by atoms with Gasteiger partial charge in [-0.05, 0) is 18.2 Å². The summed E-state index contributed by atoms with van der Waals surface area (Å²) in [7, 11) is 0.163. The molecule has 0 heterocycles. The minimum atomic E-state index is -0.431. The summed E-state index contributed by atoms with van der Waals surface area (Å²) in [5.74, 6) is 0.157. The lowest BCUT2D eigenvalue weighted by atomic mass is 10.1. The topological polar surface area (TPSA) is 26.3 Å². The summed E-state index contributed by atoms with van der Waals surface area (Å²) in [5.41, 5.74) is 0. The standard InChI is InChI=1S/C15H15O2S/c1-4-15(16)17-13-9-10-14(18(2)3)12-8-6-5-7-11(12)13/h4-10H,1H2,2-3H3/q+1. The zero-order valence-corrected chi connectivity index (χ0v) is 11.3. The molecule has 0 radical (unpaired) electrons. The van der Waals surface area contributed by atoms with Crippen molar-refractivity contribution in [3.63, 3.8) is 0 Å². The van der Waals surface area contributed by atoms with Gasteiger partial charge in [-0.2, -0.15) is 0 Å². The van der Waals surface area contributed by atoms with Gasteiger partial charge in [-0.3, -0.25) is 0 Å². The smallest absolute Gasteiger partial charge is 0.335 e. The first-order chi connectivity index (χ1) is 8.63. The average molecular weight is 259 g/mol. The third kappa shape index (κ3) is 2.41. The van der Waals surface area contributed by atoms with Crippen LogP contribution in [0.3, 0.4) is 0 Å². The van der Waals surface area contributed by atoms with Crippen molar-refractivity contribution in [1.29, 1.82) is 0 Å². The fraction of sp³-hybridized carbons (Fsp3) is 0.133. The van der Waals surface area contributed by atoms with Crippen LogP contribution in [0.4, 0.5) is 0 Å². The summed E-state index contributed by atoms with van der Waals surface area (Å²) in [6.07, 6.45) is 5.53. The summed E-state index contributed by atoms with van der Waals surface area (Å²) in [5, 5.41) is 2.10. The van der Waals surface area contributed by atoms with Gasteiger partial charge in [0.1, 0.15) is 18.3 Å². The predicted molar refractivity (Wildman–Crippen MR) is 77.3 cm³/mol. The molecule has 2 aromatic rings. The van der Waals surface area contributed by atoms with Crippen LogP contribution >= 0.6 is 0 Å². The van der Waals surface area contributed by atoms with Gasteiger partial charge in [0.25, 0.3) is 0 Å². The largest absolute Gasteiger partial charge is 0.423 e. The third-order valence-corrected chi connectivity index (χ3v) is 3.90. The number of ether oxygens (including phenoxy) is 1. The summed E-state index contributed by atoms with van der Waals surface area (Å²) in [4.78, 5) is 12.6. The SMILES string of the molecule is C=CC(=O)Oc1ccc([S+](C)C)c2ccccc12. The van der Waals surface area contributed by atoms with Gasteiger partial charge in [-0.25, -0.2) is 4.79 Å². The molecule has 0 aliphatic rings. The Morgan fingerprint density at radius 3 is 2.44 bits per heavy atom. The molecule has 0 spiro atoms. The van der Waals surface area contributed by atoms with Crippen molar-refractivity contribution in [2.24, 2.45) is 0 Å². The highest BCUT2D eigenvalue weighted by Crippen LogP contribution is 2.31. The van der Waals surface area contributed by atoms with Gasteiger partial charge < -0.3 is 4.74 Å². The number of carbonyl (C=O) groups is 1. The Hall–Kier alpha value is -1.74. The van der Waals surface area contributed by atoms with E-state index >= 15 is 0 Å². The summed E-state index contributed by atoms with van der Waals surface area (Å²) in [6.45, 7) is 3.41. The first kappa shape index (κ1) is 12.7. The molecule has 0 aromatic heterocycles. The molecule has 0 bridgehead atoms. The molecule has 0 amide bonds. The van der Waals surface area contributed by atoms with Crippen LogP contribution in [0.1, 0.15) is 0 Å². The van der Waals surface area contributed by atoms with Gasteiger partial charge in [0, 0.05) is 27.7 Å². The van der Waals surface area contributed by atoms with E-state index in [1.807, 2.05) is 30.3 Å². The zero-order valence-electron chi connectivity index (χ0n) is 10.5. The Bertz CT molecular complexity index is 602. The van der Waals surface area contributed by atoms with Crippen LogP contribution < -0.4 is 4.74 Å². The fourth-order valence-corrected chi connectivity index (χ4v) is 2.80. The molecular formula is C15H15O2S+. The van der Waals surface area contributed by atoms with Gasteiger partial charge in [0.15, 0.2) is 4.90 Å². The molecule has 2 nitrogen and oxygen atoms in total. The molecular weight excluding hydrogens is 244 g/mol. The summed E-state index contributed by atoms with van der Waals surface area (Å²) < 4.78 is 5.26. The van der Waals surface area contributed by atoms with E-state index in [1.54, 1.807) is 0 Å². The number of hydrogen-bond acceptors (Lipinski definition) is 2. The van der Waals surface area contributed by atoms with Crippen LogP contribution in [-0.4, -0.2) is 18.5 Å². The van der Waals surface area contributed by atoms with E-state index in [2.05, 4.69) is 25.2 Å². The van der Waals surface area contributed by atoms with Gasteiger partial charge in [-0.15, -0.1) is 0 Å². The highest BCUT2D eigenvalue weighted by atomic mass is 32.2. The van der Waals surface area contributed by atoms with Crippen molar-refractivity contribution in [2.75, 3.05) is 12.5 Å². The van der Waals surface area contributed by atoms with Gasteiger partial charge in [-0.1, -0.05) is 24.8 Å². The van der Waals surface area contributed by atoms with Crippen molar-refractivity contribution in [1.82, 2.24) is 0 Å². The molecule has 0 N–H and O–H groups in total. The quantitative estimate of drug-likeness (QED) is 0.366. The molecule has 3 heteroatoms. The van der Waals surface area contributed by atoms with Crippen LogP contribution in [0.5, 0.6) is 5.75 Å². The highest BCUT2D eigenvalue weighted by Gasteiger charge is 2.16. The minimum absolute atomic E-state index is 0.163. The fourth-order valence-electron chi connectivity index (χ4n) is 1.84. The van der Waals surface area contributed by atoms with E-state index in [4.69, 9.17) is 4.74 Å². The van der Waals surface area contributed by atoms with Gasteiger partial charge >= 0.3 is 5.97 Å². The van der Waals surface area contributed by atoms with E-state index in [0.29, 0.717) is 5.75 Å². The number of rotatable bonds is 3. The lowest BCUT2D eigenvalue weighted by Gasteiger charge is -2.08. The van der Waals surface area contributed by atoms with Crippen LogP contribution in [0.15, 0.2) is 53.9 Å². The predicted octanol–water partition coefficient (Wildman–Crippen LogP) is 3.17. The zero-order chi connectivity index (χ0) is 13.1. The molecule has 0 fully saturated rings. The number of hydrogen-bond donors (Lipinski definition) is 0. The highest BCUT2D eigenvalue weighted by molar-refractivity contribution is 7.95. The van der Waals surface area contributed by atoms with Crippen molar-refractivity contribution in [2.45, 2.75) is 4.90 Å². The Labute approximate surface area is 110 Å². The van der Waals surface area contributed by atoms with Gasteiger partial charge in [0.2, 0.25) is 0 Å². The molecule has 0 saturated carbocycles. The Balaban J connectivity index is 2.60. The molecule has 0 atom stereocenters. The molecule has 0 unspecified atom stereocenters. The van der Waals surface area contributed by atoms with Crippen LogP contribution in [0.2, 0.25) is 0 Å². The third-order valence-electron chi connectivity index (χ3n) is 2.66. The molecule has 0 aliphatic heterocycles. The molecule has 2 rings (SSSR count). The minimum Gasteiger partial charge on any atom is -0.423 e. The van der Waals surface area contributed by atoms with Crippen LogP contribution in [-0.2, 0) is 15.7 Å². The maximum absolute atomic E-state index is 11.3. The van der Waals surface area contributed by atoms with E-state index < -0.39 is 5.97 Å². The van der Waals surface area contributed by atoms with Gasteiger partial charge in [0.05, 0.1) is 0 Å². The summed E-state index contributed by atoms with van der Waals surface area (Å²) in [6, 6.07) is 11.8. The van der Waals surface area contributed by atoms with E-state index in [9.17, 15) is 4.79 Å². The number of fused-ring (bicyclic) bond motifs is 1. The van der Waals surface area contributed by atoms with Crippen LogP contribution in [0, 0.1) is 0 Å². The Morgan fingerprint density at radius 1 is 1.17 bits per heavy atom. The van der Waals surface area contributed by atoms with Crippen molar-refractivity contribution in [3.8, 4) is 5.75 Å². The van der Waals surface area contributed by atoms with E-state index in [0.717, 1.165) is 10.8 Å². The number of carbonyl (C=O) groups excluding carboxylic acids is 1. The lowest BCUT2D eigenvalue weighted by Crippen LogP contribution is -2.04. The lowest BCUT2D eigenvalue weighted by molar-refractivity contribution is -0.128. The first-order valence-electron chi connectivity index (χ1n) is 5.57. The Kier molecular flexibility index (Phi) is 3.72. The Morgan fingerprint density at radius 2 is 1.83 bits per heavy atom. The second-order valence-corrected chi connectivity index (χ2v) is 6.12. The van der Waals surface area contributed by atoms with Crippen molar-refractivity contribution < 1.29 is 9.53 Å². The summed E-state index contributed by atoms with van der Waals surface area (Å²) >= 11 is 0. The monoisotopic (exact) mass is 259 g/mol. The van der Waals surface area contributed by atoms with E-state index in [1.165, 1.54) is 11.0 Å². The second-order valence-electron chi connectivity index (χ2n) is 4.05. The van der Waals surface area contributed by atoms with Crippen LogP contribution in [0.25, 0.3) is 10.8 Å². The van der Waals surface area contributed by atoms with Crippen molar-refractivity contribution in [3.05, 3.63) is 49.1 Å². The molecule has 0 aliphatic carbocycles. The number of esters is 1. The molecule has 0 saturated heterocycles. The van der Waals surface area contributed by atoms with Crippen molar-refractivity contribution >= 4 is 27.6 Å². The maximum Gasteiger partial charge on any atom is 0.335 e. The maximum atomic E-state index is 11.3. The molecule has 2 aromatic carbocycles. The van der Waals surface area contributed by atoms with E-state index in [-0.39, 0.29) is 10.9 Å². The normalized spacial score (nSPS) is 10.6. The number of benzene rings is 2. The first-order valence-corrected chi connectivity index (χ1v) is 7.61. The second kappa shape index (κ2) is 5.27. The average Bonchev–Trinajstić information content (AvgIpc) is 2.38.